The first kappa shape index (κ1) is 52.6. The van der Waals surface area contributed by atoms with E-state index in [0.29, 0.717) is 32.4 Å². The molecule has 7 N–H and O–H groups in total. The normalized spacial score (nSPS) is 15.8. The lowest BCUT2D eigenvalue weighted by Crippen LogP contribution is -2.57. The number of aliphatic hydroxyl groups excluding tert-OH is 1. The van der Waals surface area contributed by atoms with Crippen molar-refractivity contribution in [2.24, 2.45) is 23.7 Å². The summed E-state index contributed by atoms with van der Waals surface area (Å²) in [6, 6.07) is 12.0. The molecule has 6 atom stereocenters. The lowest BCUT2D eigenvalue weighted by atomic mass is 9.95. The first-order valence-electron chi connectivity index (χ1n) is 24.0. The highest BCUT2D eigenvalue weighted by Crippen LogP contribution is 2.35. The SMILES string of the molecule is CCN(Cc1cn(CC(=O)NCc2ccc(P)cc2)c2ccccc12)C(=O)C(NC(=O)C[C@H](O)C(CC(C)C)NC(=O)[C@H](CC1CC1)NC(=O)C(CC1CC1)NC(=O)CCCC(=O)O)C(C)C. The third-order valence-electron chi connectivity index (χ3n) is 12.5. The van der Waals surface area contributed by atoms with Crippen molar-refractivity contribution in [2.75, 3.05) is 6.54 Å². The molecule has 2 aliphatic carbocycles. The van der Waals surface area contributed by atoms with Gasteiger partial charge in [0.25, 0.3) is 0 Å². The standard InChI is InChI=1S/C50H72N7O9P/c1-6-56(27-35-28-57(41-11-8-7-10-37(35)41)29-45(61)51-26-34-18-20-36(67)21-19-34)50(66)47(31(4)5)55-44(60)25-42(58)38(22-30(2)3)53-49(65)40(24-33-16-17-33)54-48(64)39(23-32-14-15-32)52-43(59)12-9-13-46(62)63/h7-8,10-11,18-21,28,30-33,38-40,42,47,58H,6,9,12-17,22-27,29,67H2,1-5H3,(H,51,61)(H,52,59)(H,53,65)(H,54,64)(H,55,60)(H,62,63)/t38?,39?,40-,42-,47?/m0/s1. The third-order valence-corrected chi connectivity index (χ3v) is 12.9. The predicted octanol–water partition coefficient (Wildman–Crippen LogP) is 4.05. The molecule has 6 amide bonds. The molecule has 16 nitrogen and oxygen atoms in total. The minimum absolute atomic E-state index is 0.0140. The Bertz CT molecular complexity index is 2190. The number of likely N-dealkylation sites (N-methyl/N-ethyl adjacent to an activating group) is 1. The number of rotatable bonds is 28. The molecule has 366 valence electrons. The Labute approximate surface area is 396 Å². The van der Waals surface area contributed by atoms with Crippen molar-refractivity contribution >= 4 is 66.9 Å². The van der Waals surface area contributed by atoms with Gasteiger partial charge >= 0.3 is 5.97 Å². The van der Waals surface area contributed by atoms with Gasteiger partial charge in [0.1, 0.15) is 24.7 Å². The Kier molecular flexibility index (Phi) is 19.8. The number of aliphatic hydroxyl groups is 1. The molecule has 5 rings (SSSR count). The van der Waals surface area contributed by atoms with E-state index in [0.717, 1.165) is 53.0 Å². The fourth-order valence-electron chi connectivity index (χ4n) is 8.33. The number of carboxylic acids is 1. The van der Waals surface area contributed by atoms with Gasteiger partial charge in [0, 0.05) is 49.6 Å². The third kappa shape index (κ3) is 17.0. The number of para-hydroxylation sites is 1. The van der Waals surface area contributed by atoms with Crippen LogP contribution in [0.5, 0.6) is 0 Å². The summed E-state index contributed by atoms with van der Waals surface area (Å²) in [7, 11) is 2.64. The Hall–Kier alpha value is -5.34. The second kappa shape index (κ2) is 25.1. The maximum absolute atomic E-state index is 14.3. The molecule has 3 aromatic rings. The van der Waals surface area contributed by atoms with Gasteiger partial charge in [0.05, 0.1) is 18.6 Å². The van der Waals surface area contributed by atoms with Crippen LogP contribution in [0, 0.1) is 23.7 Å². The van der Waals surface area contributed by atoms with Gasteiger partial charge in [-0.3, -0.25) is 33.6 Å². The summed E-state index contributed by atoms with van der Waals surface area (Å²) in [5.41, 5.74) is 2.68. The molecular formula is C50H72N7O9P. The summed E-state index contributed by atoms with van der Waals surface area (Å²) in [4.78, 5) is 94.1. The largest absolute Gasteiger partial charge is 0.481 e. The minimum Gasteiger partial charge on any atom is -0.481 e. The molecule has 0 radical (unpaired) electrons. The number of carbonyl (C=O) groups excluding carboxylic acids is 6. The van der Waals surface area contributed by atoms with Crippen LogP contribution in [0.4, 0.5) is 0 Å². The Balaban J connectivity index is 1.21. The molecule has 0 bridgehead atoms. The van der Waals surface area contributed by atoms with Gasteiger partial charge in [0.2, 0.25) is 35.4 Å². The fourth-order valence-corrected chi connectivity index (χ4v) is 8.52. The number of aromatic nitrogens is 1. The Morgan fingerprint density at radius 1 is 0.791 bits per heavy atom. The summed E-state index contributed by atoms with van der Waals surface area (Å²) in [6.07, 6.45) is 4.92. The topological polar surface area (TPSA) is 228 Å². The molecule has 1 heterocycles. The number of benzene rings is 2. The summed E-state index contributed by atoms with van der Waals surface area (Å²) in [5.74, 6) is -3.23. The highest BCUT2D eigenvalue weighted by atomic mass is 31.0. The zero-order valence-corrected chi connectivity index (χ0v) is 40.9. The molecule has 1 aromatic heterocycles. The summed E-state index contributed by atoms with van der Waals surface area (Å²) >= 11 is 0. The Morgan fingerprint density at radius 3 is 2.01 bits per heavy atom. The minimum atomic E-state index is -1.32. The second-order valence-corrected chi connectivity index (χ2v) is 19.9. The lowest BCUT2D eigenvalue weighted by Gasteiger charge is -2.31. The molecule has 67 heavy (non-hydrogen) atoms. The number of aliphatic carboxylic acids is 1. The van der Waals surface area contributed by atoms with Crippen molar-refractivity contribution in [1.82, 2.24) is 36.1 Å². The lowest BCUT2D eigenvalue weighted by molar-refractivity contribution is -0.138. The van der Waals surface area contributed by atoms with Crippen LogP contribution in [0.2, 0.25) is 0 Å². The number of nitrogens with one attached hydrogen (secondary N) is 5. The van der Waals surface area contributed by atoms with Crippen LogP contribution in [0.3, 0.4) is 0 Å². The summed E-state index contributed by atoms with van der Waals surface area (Å²) in [6.45, 7) is 10.5. The van der Waals surface area contributed by atoms with Gasteiger partial charge in [-0.25, -0.2) is 0 Å². The second-order valence-electron chi connectivity index (χ2n) is 19.3. The number of fused-ring (bicyclic) bond motifs is 1. The maximum atomic E-state index is 14.3. The molecule has 0 saturated heterocycles. The maximum Gasteiger partial charge on any atom is 0.303 e. The average Bonchev–Trinajstić information content (AvgIpc) is 4.23. The zero-order chi connectivity index (χ0) is 48.8. The van der Waals surface area contributed by atoms with E-state index in [9.17, 15) is 38.7 Å². The van der Waals surface area contributed by atoms with Crippen LogP contribution in [-0.2, 0) is 53.2 Å². The van der Waals surface area contributed by atoms with Crippen molar-refractivity contribution < 1.29 is 43.8 Å². The van der Waals surface area contributed by atoms with Crippen molar-refractivity contribution in [3.63, 3.8) is 0 Å². The monoisotopic (exact) mass is 946 g/mol. The van der Waals surface area contributed by atoms with Gasteiger partial charge in [-0.2, -0.15) is 0 Å². The predicted molar refractivity (Wildman–Crippen MR) is 259 cm³/mol. The fraction of sp³-hybridized carbons (Fsp3) is 0.580. The zero-order valence-electron chi connectivity index (χ0n) is 39.7. The molecule has 2 saturated carbocycles. The van der Waals surface area contributed by atoms with Crippen LogP contribution in [0.25, 0.3) is 10.9 Å². The molecule has 0 spiro atoms. The van der Waals surface area contributed by atoms with Crippen LogP contribution < -0.4 is 31.9 Å². The van der Waals surface area contributed by atoms with E-state index in [2.05, 4.69) is 35.8 Å². The summed E-state index contributed by atoms with van der Waals surface area (Å²) < 4.78 is 1.88. The van der Waals surface area contributed by atoms with Crippen LogP contribution in [0.15, 0.2) is 54.7 Å². The van der Waals surface area contributed by atoms with E-state index < -0.39 is 66.3 Å². The first-order chi connectivity index (χ1) is 31.9. The highest BCUT2D eigenvalue weighted by molar-refractivity contribution is 7.27. The van der Waals surface area contributed by atoms with Crippen LogP contribution in [-0.4, -0.2) is 97.9 Å². The van der Waals surface area contributed by atoms with Crippen molar-refractivity contribution in [3.8, 4) is 0 Å². The van der Waals surface area contributed by atoms with Crippen LogP contribution >= 0.6 is 9.24 Å². The number of hydrogen-bond acceptors (Lipinski definition) is 8. The summed E-state index contributed by atoms with van der Waals surface area (Å²) in [5, 5.41) is 36.9. The van der Waals surface area contributed by atoms with E-state index >= 15 is 0 Å². The van der Waals surface area contributed by atoms with Crippen molar-refractivity contribution in [2.45, 2.75) is 155 Å². The molecular weight excluding hydrogens is 874 g/mol. The van der Waals surface area contributed by atoms with E-state index in [4.69, 9.17) is 5.11 Å². The van der Waals surface area contributed by atoms with Crippen molar-refractivity contribution in [3.05, 3.63) is 65.9 Å². The molecule has 2 aliphatic rings. The van der Waals surface area contributed by atoms with E-state index in [1.807, 2.05) is 93.9 Å². The average molecular weight is 946 g/mol. The van der Waals surface area contributed by atoms with E-state index in [1.54, 1.807) is 4.90 Å². The van der Waals surface area contributed by atoms with Gasteiger partial charge in [-0.05, 0) is 78.8 Å². The van der Waals surface area contributed by atoms with E-state index in [-0.39, 0.29) is 67.8 Å². The number of nitrogens with zero attached hydrogens (tertiary/aromatic N) is 2. The number of carbonyl (C=O) groups is 7. The molecule has 0 aliphatic heterocycles. The Morgan fingerprint density at radius 2 is 1.42 bits per heavy atom. The molecule has 2 fully saturated rings. The van der Waals surface area contributed by atoms with Gasteiger partial charge in [-0.1, -0.05) is 95.8 Å². The van der Waals surface area contributed by atoms with Gasteiger partial charge in [0.15, 0.2) is 0 Å². The number of hydrogen-bond donors (Lipinski definition) is 7. The van der Waals surface area contributed by atoms with Gasteiger partial charge < -0.3 is 46.3 Å². The molecule has 17 heteroatoms. The van der Waals surface area contributed by atoms with Gasteiger partial charge in [-0.15, -0.1) is 9.24 Å². The smallest absolute Gasteiger partial charge is 0.303 e. The van der Waals surface area contributed by atoms with Crippen LogP contribution in [0.1, 0.15) is 116 Å². The molecule has 4 unspecified atom stereocenters. The highest BCUT2D eigenvalue weighted by Gasteiger charge is 2.37. The molecule has 2 aromatic carbocycles. The number of amides is 6. The number of carboxylic acid groups (broad SMARTS) is 1. The first-order valence-corrected chi connectivity index (χ1v) is 24.5. The van der Waals surface area contributed by atoms with Crippen molar-refractivity contribution in [1.29, 1.82) is 0 Å². The van der Waals surface area contributed by atoms with E-state index in [1.165, 1.54) is 0 Å². The quantitative estimate of drug-likeness (QED) is 0.0521.